The summed E-state index contributed by atoms with van der Waals surface area (Å²) in [5.74, 6) is -0.578. The molecule has 1 aromatic rings. The number of carbonyl (C=O) groups excluding carboxylic acids is 2. The second-order valence-electron chi connectivity index (χ2n) is 4.17. The summed E-state index contributed by atoms with van der Waals surface area (Å²) in [6, 6.07) is 4.02. The molecule has 2 rings (SSSR count). The molecule has 5 nitrogen and oxygen atoms in total. The second kappa shape index (κ2) is 4.08. The van der Waals surface area contributed by atoms with Crippen LogP contribution in [0.2, 0.25) is 0 Å². The maximum atomic E-state index is 12.1. The van der Waals surface area contributed by atoms with Gasteiger partial charge < -0.3 is 15.7 Å². The van der Waals surface area contributed by atoms with Gasteiger partial charge >= 0.3 is 0 Å². The number of benzene rings is 1. The van der Waals surface area contributed by atoms with Crippen LogP contribution in [0.1, 0.15) is 22.8 Å². The van der Waals surface area contributed by atoms with Crippen LogP contribution in [0, 0.1) is 0 Å². The zero-order valence-corrected chi connectivity index (χ0v) is 9.51. The van der Waals surface area contributed by atoms with Crippen molar-refractivity contribution in [3.05, 3.63) is 29.3 Å². The predicted molar refractivity (Wildman–Crippen MR) is 61.5 cm³/mol. The predicted octanol–water partition coefficient (Wildman–Crippen LogP) is 0.264. The molecule has 0 bridgehead atoms. The van der Waals surface area contributed by atoms with Gasteiger partial charge in [0.25, 0.3) is 5.91 Å². The van der Waals surface area contributed by atoms with Crippen molar-refractivity contribution in [2.24, 2.45) is 5.73 Å². The van der Waals surface area contributed by atoms with Crippen LogP contribution in [0.4, 0.5) is 0 Å². The lowest BCUT2D eigenvalue weighted by Crippen LogP contribution is -2.49. The molecule has 2 amide bonds. The summed E-state index contributed by atoms with van der Waals surface area (Å²) in [4.78, 5) is 24.7. The normalized spacial score (nSPS) is 16.5. The van der Waals surface area contributed by atoms with Crippen molar-refractivity contribution < 1.29 is 14.7 Å². The average molecular weight is 234 g/mol. The SMILES string of the molecule is C[C@@H](C(N)=O)N1CCc2cc(O)ccc2C1=O. The molecule has 1 aliphatic heterocycles. The molecule has 0 aliphatic carbocycles. The van der Waals surface area contributed by atoms with Crippen LogP contribution < -0.4 is 5.73 Å². The van der Waals surface area contributed by atoms with E-state index in [0.717, 1.165) is 5.56 Å². The molecule has 90 valence electrons. The lowest BCUT2D eigenvalue weighted by atomic mass is 9.97. The highest BCUT2D eigenvalue weighted by molar-refractivity contribution is 5.99. The summed E-state index contributed by atoms with van der Waals surface area (Å²) in [7, 11) is 0. The van der Waals surface area contributed by atoms with Gasteiger partial charge in [0.2, 0.25) is 5.91 Å². The monoisotopic (exact) mass is 234 g/mol. The minimum Gasteiger partial charge on any atom is -0.508 e. The van der Waals surface area contributed by atoms with E-state index in [1.54, 1.807) is 19.1 Å². The van der Waals surface area contributed by atoms with Crippen LogP contribution >= 0.6 is 0 Å². The van der Waals surface area contributed by atoms with E-state index in [1.165, 1.54) is 11.0 Å². The maximum absolute atomic E-state index is 12.1. The number of aromatic hydroxyl groups is 1. The third kappa shape index (κ3) is 1.95. The Morgan fingerprint density at radius 1 is 1.53 bits per heavy atom. The van der Waals surface area contributed by atoms with Gasteiger partial charge in [-0.1, -0.05) is 0 Å². The van der Waals surface area contributed by atoms with Crippen molar-refractivity contribution in [1.29, 1.82) is 0 Å². The first kappa shape index (κ1) is 11.4. The number of rotatable bonds is 2. The zero-order valence-electron chi connectivity index (χ0n) is 9.51. The number of hydrogen-bond donors (Lipinski definition) is 2. The number of fused-ring (bicyclic) bond motifs is 1. The van der Waals surface area contributed by atoms with Crippen LogP contribution in [0.3, 0.4) is 0 Å². The smallest absolute Gasteiger partial charge is 0.254 e. The Hall–Kier alpha value is -2.04. The highest BCUT2D eigenvalue weighted by Crippen LogP contribution is 2.24. The van der Waals surface area contributed by atoms with Gasteiger partial charge in [0.05, 0.1) is 0 Å². The largest absolute Gasteiger partial charge is 0.508 e. The van der Waals surface area contributed by atoms with Gasteiger partial charge in [-0.15, -0.1) is 0 Å². The van der Waals surface area contributed by atoms with E-state index in [0.29, 0.717) is 18.5 Å². The summed E-state index contributed by atoms with van der Waals surface area (Å²) in [5, 5.41) is 9.34. The van der Waals surface area contributed by atoms with Gasteiger partial charge in [0.15, 0.2) is 0 Å². The standard InChI is InChI=1S/C12H14N2O3/c1-7(11(13)16)14-5-4-8-6-9(15)2-3-10(8)12(14)17/h2-3,6-7,15H,4-5H2,1H3,(H2,13,16)/t7-/m0/s1. The first-order valence-electron chi connectivity index (χ1n) is 5.43. The summed E-state index contributed by atoms with van der Waals surface area (Å²) >= 11 is 0. The van der Waals surface area contributed by atoms with Crippen LogP contribution in [-0.4, -0.2) is 34.4 Å². The fourth-order valence-electron chi connectivity index (χ4n) is 2.02. The van der Waals surface area contributed by atoms with Crippen LogP contribution in [0.25, 0.3) is 0 Å². The van der Waals surface area contributed by atoms with Crippen molar-refractivity contribution in [2.45, 2.75) is 19.4 Å². The maximum Gasteiger partial charge on any atom is 0.254 e. The van der Waals surface area contributed by atoms with Gasteiger partial charge in [-0.2, -0.15) is 0 Å². The number of primary amides is 1. The number of phenolic OH excluding ortho intramolecular Hbond substituents is 1. The van der Waals surface area contributed by atoms with Crippen molar-refractivity contribution in [3.63, 3.8) is 0 Å². The van der Waals surface area contributed by atoms with Crippen LogP contribution in [0.15, 0.2) is 18.2 Å². The molecule has 1 aliphatic rings. The Bertz CT molecular complexity index is 485. The number of hydrogen-bond acceptors (Lipinski definition) is 3. The van der Waals surface area contributed by atoms with Crippen molar-refractivity contribution in [1.82, 2.24) is 4.90 Å². The minimum absolute atomic E-state index is 0.146. The molecule has 1 atom stereocenters. The first-order valence-corrected chi connectivity index (χ1v) is 5.43. The van der Waals surface area contributed by atoms with E-state index in [1.807, 2.05) is 0 Å². The summed E-state index contributed by atoms with van der Waals surface area (Å²) in [6.45, 7) is 2.06. The van der Waals surface area contributed by atoms with Crippen LogP contribution in [0.5, 0.6) is 5.75 Å². The lowest BCUT2D eigenvalue weighted by Gasteiger charge is -2.32. The van der Waals surface area contributed by atoms with Crippen molar-refractivity contribution in [3.8, 4) is 5.75 Å². The lowest BCUT2D eigenvalue weighted by molar-refractivity contribution is -0.122. The number of nitrogens with zero attached hydrogens (tertiary/aromatic N) is 1. The van der Waals surface area contributed by atoms with Crippen molar-refractivity contribution >= 4 is 11.8 Å². The summed E-state index contributed by atoms with van der Waals surface area (Å²) in [6.07, 6.45) is 0.618. The molecule has 0 saturated carbocycles. The number of phenols is 1. The Labute approximate surface area is 98.8 Å². The Morgan fingerprint density at radius 2 is 2.24 bits per heavy atom. The number of nitrogens with two attached hydrogens (primary N) is 1. The molecule has 5 heteroatoms. The topological polar surface area (TPSA) is 83.6 Å². The highest BCUT2D eigenvalue weighted by Gasteiger charge is 2.30. The summed E-state index contributed by atoms with van der Waals surface area (Å²) in [5.41, 5.74) is 6.54. The molecule has 1 aromatic carbocycles. The van der Waals surface area contributed by atoms with E-state index < -0.39 is 11.9 Å². The first-order chi connectivity index (χ1) is 8.00. The molecular weight excluding hydrogens is 220 g/mol. The molecule has 0 fully saturated rings. The van der Waals surface area contributed by atoms with Gasteiger partial charge in [-0.25, -0.2) is 0 Å². The Balaban J connectivity index is 2.33. The van der Waals surface area contributed by atoms with Gasteiger partial charge in [-0.3, -0.25) is 9.59 Å². The molecule has 17 heavy (non-hydrogen) atoms. The molecule has 0 saturated heterocycles. The van der Waals surface area contributed by atoms with Crippen molar-refractivity contribution in [2.75, 3.05) is 6.54 Å². The second-order valence-corrected chi connectivity index (χ2v) is 4.17. The van der Waals surface area contributed by atoms with E-state index in [-0.39, 0.29) is 11.7 Å². The fraction of sp³-hybridized carbons (Fsp3) is 0.333. The quantitative estimate of drug-likeness (QED) is 0.770. The Kier molecular flexibility index (Phi) is 2.75. The van der Waals surface area contributed by atoms with Gasteiger partial charge in [0.1, 0.15) is 11.8 Å². The van der Waals surface area contributed by atoms with E-state index in [4.69, 9.17) is 5.73 Å². The number of amides is 2. The molecule has 0 radical (unpaired) electrons. The summed E-state index contributed by atoms with van der Waals surface area (Å²) < 4.78 is 0. The van der Waals surface area contributed by atoms with E-state index in [9.17, 15) is 14.7 Å². The number of carbonyl (C=O) groups is 2. The average Bonchev–Trinajstić information content (AvgIpc) is 2.28. The highest BCUT2D eigenvalue weighted by atomic mass is 16.3. The molecule has 0 spiro atoms. The molecular formula is C12H14N2O3. The molecule has 0 unspecified atom stereocenters. The van der Waals surface area contributed by atoms with E-state index in [2.05, 4.69) is 0 Å². The zero-order chi connectivity index (χ0) is 12.6. The fourth-order valence-corrected chi connectivity index (χ4v) is 2.02. The molecule has 3 N–H and O–H groups in total. The minimum atomic E-state index is -0.607. The van der Waals surface area contributed by atoms with Gasteiger partial charge in [0, 0.05) is 12.1 Å². The van der Waals surface area contributed by atoms with Gasteiger partial charge in [-0.05, 0) is 37.1 Å². The molecule has 1 heterocycles. The third-order valence-electron chi connectivity index (χ3n) is 3.08. The van der Waals surface area contributed by atoms with E-state index >= 15 is 0 Å². The van der Waals surface area contributed by atoms with Crippen LogP contribution in [-0.2, 0) is 11.2 Å². The molecule has 0 aromatic heterocycles. The third-order valence-corrected chi connectivity index (χ3v) is 3.08. The Morgan fingerprint density at radius 3 is 2.88 bits per heavy atom.